The number of benzene rings is 1. The van der Waals surface area contributed by atoms with Crippen molar-refractivity contribution in [3.05, 3.63) is 35.4 Å². The van der Waals surface area contributed by atoms with Crippen molar-refractivity contribution in [2.75, 3.05) is 20.1 Å². The summed E-state index contributed by atoms with van der Waals surface area (Å²) in [5, 5.41) is 12.5. The predicted molar refractivity (Wildman–Crippen MR) is 87.4 cm³/mol. The van der Waals surface area contributed by atoms with Crippen LogP contribution in [0.5, 0.6) is 0 Å². The molecule has 4 nitrogen and oxygen atoms in total. The van der Waals surface area contributed by atoms with E-state index < -0.39 is 5.54 Å². The highest BCUT2D eigenvalue weighted by atomic mass is 16.1. The molecule has 1 atom stereocenters. The monoisotopic (exact) mass is 299 g/mol. The molecule has 1 aromatic carbocycles. The Labute approximate surface area is 133 Å². The molecule has 1 aromatic rings. The Morgan fingerprint density at radius 2 is 2.05 bits per heavy atom. The molecule has 0 aliphatic carbocycles. The van der Waals surface area contributed by atoms with Crippen molar-refractivity contribution >= 4 is 5.91 Å². The fourth-order valence-corrected chi connectivity index (χ4v) is 3.11. The molecule has 1 aliphatic rings. The predicted octanol–water partition coefficient (Wildman–Crippen LogP) is 2.59. The molecule has 1 fully saturated rings. The minimum Gasteiger partial charge on any atom is -0.338 e. The maximum absolute atomic E-state index is 12.4. The van der Waals surface area contributed by atoms with Gasteiger partial charge in [-0.1, -0.05) is 31.2 Å². The Morgan fingerprint density at radius 3 is 2.64 bits per heavy atom. The van der Waals surface area contributed by atoms with Crippen molar-refractivity contribution in [2.24, 2.45) is 0 Å². The lowest BCUT2D eigenvalue weighted by Gasteiger charge is -2.36. The van der Waals surface area contributed by atoms with Crippen LogP contribution in [0.1, 0.15) is 43.2 Å². The van der Waals surface area contributed by atoms with Gasteiger partial charge in [0.2, 0.25) is 5.91 Å². The molecular weight excluding hydrogens is 274 g/mol. The van der Waals surface area contributed by atoms with Crippen LogP contribution in [-0.2, 0) is 4.79 Å². The summed E-state index contributed by atoms with van der Waals surface area (Å²) in [6.45, 7) is 5.83. The molecule has 118 valence electrons. The maximum Gasteiger partial charge on any atom is 0.221 e. The van der Waals surface area contributed by atoms with Crippen LogP contribution in [0.3, 0.4) is 0 Å². The number of nitrogens with zero attached hydrogens (tertiary/aromatic N) is 2. The number of rotatable bonds is 4. The first-order valence-electron chi connectivity index (χ1n) is 7.92. The normalized spacial score (nSPS) is 19.2. The van der Waals surface area contributed by atoms with E-state index in [0.717, 1.165) is 13.1 Å². The van der Waals surface area contributed by atoms with Gasteiger partial charge in [0, 0.05) is 19.5 Å². The number of hydrogen-bond donors (Lipinski definition) is 1. The van der Waals surface area contributed by atoms with Crippen molar-refractivity contribution in [1.29, 1.82) is 5.26 Å². The molecule has 1 N–H and O–H groups in total. The molecule has 2 rings (SSSR count). The molecule has 1 amide bonds. The molecule has 0 radical (unpaired) electrons. The van der Waals surface area contributed by atoms with Gasteiger partial charge in [0.25, 0.3) is 0 Å². The zero-order chi connectivity index (χ0) is 16.2. The Balaban J connectivity index is 1.98. The topological polar surface area (TPSA) is 56.1 Å². The summed E-state index contributed by atoms with van der Waals surface area (Å²) in [7, 11) is 2.05. The van der Waals surface area contributed by atoms with Crippen LogP contribution in [0.2, 0.25) is 0 Å². The summed E-state index contributed by atoms with van der Waals surface area (Å²) in [4.78, 5) is 14.6. The van der Waals surface area contributed by atoms with Crippen molar-refractivity contribution < 1.29 is 4.79 Å². The minimum atomic E-state index is -0.685. The zero-order valence-electron chi connectivity index (χ0n) is 13.7. The summed E-state index contributed by atoms with van der Waals surface area (Å²) in [5.41, 5.74) is 1.72. The molecule has 1 saturated heterocycles. The average Bonchev–Trinajstić information content (AvgIpc) is 2.50. The second-order valence-electron chi connectivity index (χ2n) is 6.51. The van der Waals surface area contributed by atoms with Crippen molar-refractivity contribution in [3.63, 3.8) is 0 Å². The fraction of sp³-hybridized carbons (Fsp3) is 0.556. The Morgan fingerprint density at radius 1 is 1.41 bits per heavy atom. The number of amides is 1. The van der Waals surface area contributed by atoms with Crippen LogP contribution in [0.4, 0.5) is 0 Å². The van der Waals surface area contributed by atoms with Gasteiger partial charge in [-0.15, -0.1) is 0 Å². The van der Waals surface area contributed by atoms with Gasteiger partial charge in [0.05, 0.1) is 6.07 Å². The molecule has 0 spiro atoms. The standard InChI is InChI=1S/C18H25N3O/c1-14-6-4-5-7-16(14)15(2)12-17(22)20-18(13-19)8-10-21(3)11-9-18/h4-7,15H,8-12H2,1-3H3,(H,20,22)/t15-/m0/s1. The van der Waals surface area contributed by atoms with Gasteiger partial charge in [0.1, 0.15) is 5.54 Å². The van der Waals surface area contributed by atoms with E-state index in [1.54, 1.807) is 0 Å². The van der Waals surface area contributed by atoms with Gasteiger partial charge in [-0.3, -0.25) is 4.79 Å². The second-order valence-corrected chi connectivity index (χ2v) is 6.51. The average molecular weight is 299 g/mol. The van der Waals surface area contributed by atoms with Gasteiger partial charge in [-0.2, -0.15) is 5.26 Å². The summed E-state index contributed by atoms with van der Waals surface area (Å²) in [6, 6.07) is 10.5. The molecule has 1 heterocycles. The number of nitrogens with one attached hydrogen (secondary N) is 1. The Kier molecular flexibility index (Phi) is 5.20. The largest absolute Gasteiger partial charge is 0.338 e. The van der Waals surface area contributed by atoms with E-state index >= 15 is 0 Å². The van der Waals surface area contributed by atoms with Crippen LogP contribution in [0.25, 0.3) is 0 Å². The highest BCUT2D eigenvalue weighted by Crippen LogP contribution is 2.25. The lowest BCUT2D eigenvalue weighted by atomic mass is 9.88. The quantitative estimate of drug-likeness (QED) is 0.929. The highest BCUT2D eigenvalue weighted by molar-refractivity contribution is 5.78. The summed E-state index contributed by atoms with van der Waals surface area (Å²) < 4.78 is 0. The number of aryl methyl sites for hydroxylation is 1. The van der Waals surface area contributed by atoms with Gasteiger partial charge in [0.15, 0.2) is 0 Å². The number of likely N-dealkylation sites (tertiary alicyclic amines) is 1. The van der Waals surface area contributed by atoms with Crippen molar-refractivity contribution in [2.45, 2.75) is 44.6 Å². The third kappa shape index (κ3) is 3.86. The molecular formula is C18H25N3O. The third-order valence-electron chi connectivity index (χ3n) is 4.64. The van der Waals surface area contributed by atoms with E-state index in [0.29, 0.717) is 19.3 Å². The summed E-state index contributed by atoms with van der Waals surface area (Å²) in [5.74, 6) is 0.130. The first-order valence-corrected chi connectivity index (χ1v) is 7.92. The van der Waals surface area contributed by atoms with Crippen LogP contribution in [-0.4, -0.2) is 36.5 Å². The van der Waals surface area contributed by atoms with Crippen LogP contribution < -0.4 is 5.32 Å². The summed E-state index contributed by atoms with van der Waals surface area (Å²) in [6.07, 6.45) is 1.82. The number of nitriles is 1. The highest BCUT2D eigenvalue weighted by Gasteiger charge is 2.35. The van der Waals surface area contributed by atoms with Gasteiger partial charge >= 0.3 is 0 Å². The molecule has 1 aliphatic heterocycles. The SMILES string of the molecule is Cc1ccccc1[C@@H](C)CC(=O)NC1(C#N)CCN(C)CC1. The number of carbonyl (C=O) groups excluding carboxylic acids is 1. The lowest BCUT2D eigenvalue weighted by Crippen LogP contribution is -2.53. The minimum absolute atomic E-state index is 0.0261. The van der Waals surface area contributed by atoms with E-state index in [1.165, 1.54) is 11.1 Å². The van der Waals surface area contributed by atoms with Gasteiger partial charge in [-0.05, 0) is 43.9 Å². The van der Waals surface area contributed by atoms with E-state index in [4.69, 9.17) is 0 Å². The van der Waals surface area contributed by atoms with Crippen molar-refractivity contribution in [3.8, 4) is 6.07 Å². The molecule has 22 heavy (non-hydrogen) atoms. The van der Waals surface area contributed by atoms with E-state index in [-0.39, 0.29) is 11.8 Å². The van der Waals surface area contributed by atoms with E-state index in [1.807, 2.05) is 19.2 Å². The number of hydrogen-bond acceptors (Lipinski definition) is 3. The van der Waals surface area contributed by atoms with E-state index in [9.17, 15) is 10.1 Å². The smallest absolute Gasteiger partial charge is 0.221 e. The molecule has 0 aromatic heterocycles. The van der Waals surface area contributed by atoms with Crippen LogP contribution in [0.15, 0.2) is 24.3 Å². The van der Waals surface area contributed by atoms with Gasteiger partial charge < -0.3 is 10.2 Å². The Bertz CT molecular complexity index is 568. The summed E-state index contributed by atoms with van der Waals surface area (Å²) >= 11 is 0. The molecule has 4 heteroatoms. The molecule has 0 unspecified atom stereocenters. The molecule has 0 bridgehead atoms. The third-order valence-corrected chi connectivity index (χ3v) is 4.64. The maximum atomic E-state index is 12.4. The van der Waals surface area contributed by atoms with Crippen LogP contribution in [0, 0.1) is 18.3 Å². The van der Waals surface area contributed by atoms with Crippen molar-refractivity contribution in [1.82, 2.24) is 10.2 Å². The Hall–Kier alpha value is -1.86. The number of carbonyl (C=O) groups is 1. The van der Waals surface area contributed by atoms with Crippen LogP contribution >= 0.6 is 0 Å². The van der Waals surface area contributed by atoms with E-state index in [2.05, 4.69) is 42.3 Å². The van der Waals surface area contributed by atoms with Gasteiger partial charge in [-0.25, -0.2) is 0 Å². The first kappa shape index (κ1) is 16.5. The first-order chi connectivity index (χ1) is 10.5. The lowest BCUT2D eigenvalue weighted by molar-refractivity contribution is -0.123. The second kappa shape index (κ2) is 6.93. The fourth-order valence-electron chi connectivity index (χ4n) is 3.11. The zero-order valence-corrected chi connectivity index (χ0v) is 13.7. The number of piperidine rings is 1. The molecule has 0 saturated carbocycles.